The van der Waals surface area contributed by atoms with Crippen molar-refractivity contribution in [1.29, 1.82) is 0 Å². The van der Waals surface area contributed by atoms with Crippen LogP contribution in [-0.4, -0.2) is 31.9 Å². The minimum atomic E-state index is -1.33. The SMILES string of the molecule is CC(C)CCc1noc(CN2C(=O)NC(C)(c3ccc([N+](=O)[O-])cc3)C2=O)n1. The molecule has 3 rings (SSSR count). The number of urea groups is 1. The van der Waals surface area contributed by atoms with Gasteiger partial charge in [-0.2, -0.15) is 4.98 Å². The first-order chi connectivity index (χ1) is 13.2. The van der Waals surface area contributed by atoms with Gasteiger partial charge in [0, 0.05) is 18.6 Å². The Bertz CT molecular complexity index is 907. The Hall–Kier alpha value is -3.30. The van der Waals surface area contributed by atoms with E-state index in [2.05, 4.69) is 29.3 Å². The number of nitro groups is 1. The van der Waals surface area contributed by atoms with Gasteiger partial charge in [0.25, 0.3) is 11.6 Å². The fourth-order valence-corrected chi connectivity index (χ4v) is 2.96. The molecule has 0 aliphatic carbocycles. The molecule has 2 heterocycles. The predicted octanol–water partition coefficient (Wildman–Crippen LogP) is 2.53. The normalized spacial score (nSPS) is 19.4. The predicted molar refractivity (Wildman–Crippen MR) is 97.0 cm³/mol. The van der Waals surface area contributed by atoms with Crippen LogP contribution in [0.15, 0.2) is 28.8 Å². The largest absolute Gasteiger partial charge is 0.337 e. The first-order valence-electron chi connectivity index (χ1n) is 8.91. The van der Waals surface area contributed by atoms with E-state index in [0.717, 1.165) is 11.3 Å². The second kappa shape index (κ2) is 7.37. The van der Waals surface area contributed by atoms with E-state index in [1.165, 1.54) is 24.3 Å². The van der Waals surface area contributed by atoms with Crippen molar-refractivity contribution >= 4 is 17.6 Å². The number of amides is 3. The van der Waals surface area contributed by atoms with Crippen LogP contribution in [0.3, 0.4) is 0 Å². The van der Waals surface area contributed by atoms with Gasteiger partial charge in [0.2, 0.25) is 5.89 Å². The molecule has 1 unspecified atom stereocenters. The number of carbonyl (C=O) groups is 2. The number of rotatable bonds is 7. The highest BCUT2D eigenvalue weighted by molar-refractivity contribution is 6.07. The van der Waals surface area contributed by atoms with Crippen LogP contribution >= 0.6 is 0 Å². The van der Waals surface area contributed by atoms with Gasteiger partial charge in [-0.3, -0.25) is 19.8 Å². The van der Waals surface area contributed by atoms with Gasteiger partial charge < -0.3 is 9.84 Å². The van der Waals surface area contributed by atoms with Crippen LogP contribution in [-0.2, 0) is 23.3 Å². The molecule has 0 bridgehead atoms. The number of non-ortho nitro benzene ring substituents is 1. The van der Waals surface area contributed by atoms with Crippen molar-refractivity contribution in [1.82, 2.24) is 20.4 Å². The summed E-state index contributed by atoms with van der Waals surface area (Å²) in [6.45, 7) is 5.60. The van der Waals surface area contributed by atoms with Gasteiger partial charge in [0.05, 0.1) is 4.92 Å². The zero-order valence-electron chi connectivity index (χ0n) is 15.8. The summed E-state index contributed by atoms with van der Waals surface area (Å²) in [4.78, 5) is 40.8. The quantitative estimate of drug-likeness (QED) is 0.438. The highest BCUT2D eigenvalue weighted by atomic mass is 16.6. The number of aryl methyl sites for hydroxylation is 1. The highest BCUT2D eigenvalue weighted by Gasteiger charge is 2.49. The summed E-state index contributed by atoms with van der Waals surface area (Å²) in [5.41, 5.74) is -0.977. The van der Waals surface area contributed by atoms with Crippen LogP contribution in [0.2, 0.25) is 0 Å². The first kappa shape index (κ1) is 19.5. The van der Waals surface area contributed by atoms with E-state index in [-0.39, 0.29) is 18.1 Å². The molecule has 0 radical (unpaired) electrons. The second-order valence-electron chi connectivity index (χ2n) is 7.29. The molecule has 10 nitrogen and oxygen atoms in total. The molecule has 1 aromatic heterocycles. The van der Waals surface area contributed by atoms with Gasteiger partial charge in [-0.15, -0.1) is 0 Å². The Morgan fingerprint density at radius 2 is 1.96 bits per heavy atom. The number of benzene rings is 1. The number of nitrogens with zero attached hydrogens (tertiary/aromatic N) is 4. The molecular formula is C18H21N5O5. The number of nitrogens with one attached hydrogen (secondary N) is 1. The lowest BCUT2D eigenvalue weighted by molar-refractivity contribution is -0.384. The van der Waals surface area contributed by atoms with Gasteiger partial charge in [-0.05, 0) is 37.0 Å². The molecule has 1 fully saturated rings. The molecule has 1 atom stereocenters. The average molecular weight is 387 g/mol. The maximum absolute atomic E-state index is 12.9. The van der Waals surface area contributed by atoms with Crippen molar-refractivity contribution in [3.63, 3.8) is 0 Å². The zero-order valence-corrected chi connectivity index (χ0v) is 15.8. The summed E-state index contributed by atoms with van der Waals surface area (Å²) >= 11 is 0. The average Bonchev–Trinajstić information content (AvgIpc) is 3.19. The van der Waals surface area contributed by atoms with Crippen molar-refractivity contribution in [3.8, 4) is 0 Å². The minimum absolute atomic E-state index is 0.0965. The second-order valence-corrected chi connectivity index (χ2v) is 7.29. The molecule has 0 saturated carbocycles. The maximum Gasteiger partial charge on any atom is 0.325 e. The van der Waals surface area contributed by atoms with E-state index >= 15 is 0 Å². The Morgan fingerprint density at radius 1 is 1.29 bits per heavy atom. The fraction of sp³-hybridized carbons (Fsp3) is 0.444. The monoisotopic (exact) mass is 387 g/mol. The molecule has 3 amide bonds. The smallest absolute Gasteiger partial charge is 0.325 e. The lowest BCUT2D eigenvalue weighted by Gasteiger charge is -2.21. The van der Waals surface area contributed by atoms with Crippen LogP contribution in [0.1, 0.15) is 44.5 Å². The van der Waals surface area contributed by atoms with Gasteiger partial charge in [-0.1, -0.05) is 19.0 Å². The van der Waals surface area contributed by atoms with E-state index < -0.39 is 22.4 Å². The Kier molecular flexibility index (Phi) is 5.12. The molecule has 1 aromatic carbocycles. The molecule has 1 saturated heterocycles. The summed E-state index contributed by atoms with van der Waals surface area (Å²) < 4.78 is 5.16. The number of hydrogen-bond acceptors (Lipinski definition) is 7. The fourth-order valence-electron chi connectivity index (χ4n) is 2.96. The number of carbonyl (C=O) groups excluding carboxylic acids is 2. The third kappa shape index (κ3) is 3.71. The van der Waals surface area contributed by atoms with E-state index in [4.69, 9.17) is 4.52 Å². The molecule has 28 heavy (non-hydrogen) atoms. The van der Waals surface area contributed by atoms with E-state index in [0.29, 0.717) is 23.7 Å². The van der Waals surface area contributed by atoms with Crippen molar-refractivity contribution in [2.75, 3.05) is 0 Å². The molecule has 10 heteroatoms. The first-order valence-corrected chi connectivity index (χ1v) is 8.91. The third-order valence-corrected chi connectivity index (χ3v) is 4.68. The lowest BCUT2D eigenvalue weighted by atomic mass is 9.92. The van der Waals surface area contributed by atoms with Crippen molar-refractivity contribution < 1.29 is 19.0 Å². The van der Waals surface area contributed by atoms with Gasteiger partial charge in [-0.25, -0.2) is 4.79 Å². The topological polar surface area (TPSA) is 131 Å². The van der Waals surface area contributed by atoms with Crippen LogP contribution in [0.25, 0.3) is 0 Å². The van der Waals surface area contributed by atoms with Crippen molar-refractivity contribution in [2.24, 2.45) is 5.92 Å². The van der Waals surface area contributed by atoms with E-state index in [1.807, 2.05) is 0 Å². The summed E-state index contributed by atoms with van der Waals surface area (Å²) in [7, 11) is 0. The highest BCUT2D eigenvalue weighted by Crippen LogP contribution is 2.30. The summed E-state index contributed by atoms with van der Waals surface area (Å²) in [6, 6.07) is 4.91. The van der Waals surface area contributed by atoms with Crippen LogP contribution < -0.4 is 5.32 Å². The number of imide groups is 1. The van der Waals surface area contributed by atoms with Gasteiger partial charge in [0.1, 0.15) is 12.1 Å². The molecule has 0 spiro atoms. The van der Waals surface area contributed by atoms with Gasteiger partial charge >= 0.3 is 6.03 Å². The van der Waals surface area contributed by atoms with Gasteiger partial charge in [0.15, 0.2) is 5.82 Å². The summed E-state index contributed by atoms with van der Waals surface area (Å²) in [6.07, 6.45) is 1.56. The number of hydrogen-bond donors (Lipinski definition) is 1. The van der Waals surface area contributed by atoms with Crippen molar-refractivity contribution in [3.05, 3.63) is 51.7 Å². The Labute approximate surface area is 161 Å². The van der Waals surface area contributed by atoms with Crippen LogP contribution in [0.4, 0.5) is 10.5 Å². The van der Waals surface area contributed by atoms with E-state index in [9.17, 15) is 19.7 Å². The molecule has 1 aliphatic rings. The summed E-state index contributed by atoms with van der Waals surface area (Å²) in [5.74, 6) is 0.715. The third-order valence-electron chi connectivity index (χ3n) is 4.68. The number of aromatic nitrogens is 2. The maximum atomic E-state index is 12.9. The van der Waals surface area contributed by atoms with Crippen LogP contribution in [0.5, 0.6) is 0 Å². The lowest BCUT2D eigenvalue weighted by Crippen LogP contribution is -2.40. The molecule has 1 N–H and O–H groups in total. The Balaban J connectivity index is 1.75. The number of nitro benzene ring substituents is 1. The molecule has 2 aromatic rings. The standard InChI is InChI=1S/C18H21N5O5/c1-11(2)4-9-14-19-15(28-21-14)10-22-16(24)18(3,20-17(22)25)12-5-7-13(8-6-12)23(26)27/h5-8,11H,4,9-10H2,1-3H3,(H,20,25). The molecule has 1 aliphatic heterocycles. The van der Waals surface area contributed by atoms with Crippen molar-refractivity contribution in [2.45, 2.75) is 45.7 Å². The summed E-state index contributed by atoms with van der Waals surface area (Å²) in [5, 5.41) is 17.3. The Morgan fingerprint density at radius 3 is 2.57 bits per heavy atom. The van der Waals surface area contributed by atoms with E-state index in [1.54, 1.807) is 6.92 Å². The zero-order chi connectivity index (χ0) is 20.5. The molecule has 148 valence electrons. The van der Waals surface area contributed by atoms with Crippen LogP contribution in [0, 0.1) is 16.0 Å². The minimum Gasteiger partial charge on any atom is -0.337 e. The molecular weight excluding hydrogens is 366 g/mol.